The summed E-state index contributed by atoms with van der Waals surface area (Å²) in [7, 11) is 0. The molecule has 1 unspecified atom stereocenters. The van der Waals surface area contributed by atoms with Crippen LogP contribution in [0.15, 0.2) is 54.6 Å². The molecule has 1 aliphatic heterocycles. The minimum absolute atomic E-state index is 0.0849. The van der Waals surface area contributed by atoms with E-state index in [0.29, 0.717) is 36.3 Å². The van der Waals surface area contributed by atoms with Crippen molar-refractivity contribution in [3.63, 3.8) is 0 Å². The van der Waals surface area contributed by atoms with Crippen molar-refractivity contribution >= 4 is 17.5 Å². The number of aliphatic hydroxyl groups excluding tert-OH is 1. The van der Waals surface area contributed by atoms with Gasteiger partial charge in [0.15, 0.2) is 5.78 Å². The van der Waals surface area contributed by atoms with Crippen molar-refractivity contribution in [3.05, 3.63) is 65.7 Å². The van der Waals surface area contributed by atoms with Crippen LogP contribution in [0.25, 0.3) is 0 Å². The first-order chi connectivity index (χ1) is 11.1. The summed E-state index contributed by atoms with van der Waals surface area (Å²) in [6, 6.07) is 15.6. The lowest BCUT2D eigenvalue weighted by molar-refractivity contribution is 0.103. The van der Waals surface area contributed by atoms with Gasteiger partial charge in [-0.25, -0.2) is 4.79 Å². The zero-order valence-electron chi connectivity index (χ0n) is 12.6. The van der Waals surface area contributed by atoms with Gasteiger partial charge in [-0.3, -0.25) is 4.79 Å². The third-order valence-electron chi connectivity index (χ3n) is 3.86. The van der Waals surface area contributed by atoms with E-state index >= 15 is 0 Å². The largest absolute Gasteiger partial charge is 0.391 e. The van der Waals surface area contributed by atoms with E-state index in [1.54, 1.807) is 41.3 Å². The molecule has 1 atom stereocenters. The Morgan fingerprint density at radius 1 is 1.04 bits per heavy atom. The van der Waals surface area contributed by atoms with Crippen LogP contribution in [0, 0.1) is 0 Å². The monoisotopic (exact) mass is 310 g/mol. The van der Waals surface area contributed by atoms with E-state index in [1.807, 2.05) is 18.2 Å². The molecule has 2 aromatic rings. The van der Waals surface area contributed by atoms with Gasteiger partial charge >= 0.3 is 6.03 Å². The lowest BCUT2D eigenvalue weighted by Crippen LogP contribution is -2.33. The number of carbonyl (C=O) groups is 2. The molecule has 118 valence electrons. The van der Waals surface area contributed by atoms with Crippen molar-refractivity contribution in [2.24, 2.45) is 0 Å². The maximum absolute atomic E-state index is 12.4. The molecule has 2 amide bonds. The first kappa shape index (κ1) is 15.2. The summed E-state index contributed by atoms with van der Waals surface area (Å²) in [4.78, 5) is 26.1. The van der Waals surface area contributed by atoms with Gasteiger partial charge in [0.25, 0.3) is 0 Å². The highest BCUT2D eigenvalue weighted by Crippen LogP contribution is 2.17. The Morgan fingerprint density at radius 3 is 2.48 bits per heavy atom. The van der Waals surface area contributed by atoms with E-state index in [4.69, 9.17) is 0 Å². The van der Waals surface area contributed by atoms with Crippen LogP contribution in [0.4, 0.5) is 10.5 Å². The van der Waals surface area contributed by atoms with Gasteiger partial charge in [0.2, 0.25) is 0 Å². The normalized spacial score (nSPS) is 17.1. The molecule has 2 aromatic carbocycles. The number of carbonyl (C=O) groups excluding carboxylic acids is 2. The molecule has 0 spiro atoms. The van der Waals surface area contributed by atoms with Gasteiger partial charge < -0.3 is 15.3 Å². The van der Waals surface area contributed by atoms with Crippen molar-refractivity contribution in [1.82, 2.24) is 4.90 Å². The summed E-state index contributed by atoms with van der Waals surface area (Å²) in [5, 5.41) is 12.3. The minimum Gasteiger partial charge on any atom is -0.391 e. The van der Waals surface area contributed by atoms with Crippen molar-refractivity contribution < 1.29 is 14.7 Å². The summed E-state index contributed by atoms with van der Waals surface area (Å²) >= 11 is 0. The second-order valence-electron chi connectivity index (χ2n) is 5.59. The second kappa shape index (κ2) is 6.62. The molecule has 0 aromatic heterocycles. The number of aliphatic hydroxyl groups is 1. The number of ketones is 1. The number of benzene rings is 2. The van der Waals surface area contributed by atoms with Crippen LogP contribution in [0.1, 0.15) is 22.3 Å². The number of likely N-dealkylation sites (tertiary alicyclic amines) is 1. The van der Waals surface area contributed by atoms with Crippen molar-refractivity contribution in [2.75, 3.05) is 18.4 Å². The number of hydrogen-bond acceptors (Lipinski definition) is 3. The predicted octanol–water partition coefficient (Wildman–Crippen LogP) is 2.52. The molecule has 1 aliphatic rings. The molecule has 5 heteroatoms. The summed E-state index contributed by atoms with van der Waals surface area (Å²) in [5.74, 6) is -0.0849. The highest BCUT2D eigenvalue weighted by Gasteiger charge is 2.24. The molecule has 23 heavy (non-hydrogen) atoms. The molecule has 5 nitrogen and oxygen atoms in total. The fourth-order valence-corrected chi connectivity index (χ4v) is 2.62. The zero-order valence-corrected chi connectivity index (χ0v) is 12.6. The SMILES string of the molecule is O=C(c1ccccc1)c1cccc(NC(=O)N2CCC(O)C2)c1. The fraction of sp³-hybridized carbons (Fsp3) is 0.222. The Hall–Kier alpha value is -2.66. The lowest BCUT2D eigenvalue weighted by atomic mass is 10.0. The van der Waals surface area contributed by atoms with Crippen LogP contribution in [0.2, 0.25) is 0 Å². The summed E-state index contributed by atoms with van der Waals surface area (Å²) in [6.45, 7) is 0.879. The highest BCUT2D eigenvalue weighted by atomic mass is 16.3. The van der Waals surface area contributed by atoms with Gasteiger partial charge in [-0.05, 0) is 18.6 Å². The van der Waals surface area contributed by atoms with Crippen molar-refractivity contribution in [1.29, 1.82) is 0 Å². The Labute approximate surface area is 134 Å². The highest BCUT2D eigenvalue weighted by molar-refractivity contribution is 6.09. The van der Waals surface area contributed by atoms with Crippen molar-refractivity contribution in [2.45, 2.75) is 12.5 Å². The number of rotatable bonds is 3. The van der Waals surface area contributed by atoms with E-state index in [1.165, 1.54) is 0 Å². The molecule has 2 N–H and O–H groups in total. The fourth-order valence-electron chi connectivity index (χ4n) is 2.62. The number of hydrogen-bond donors (Lipinski definition) is 2. The summed E-state index contributed by atoms with van der Waals surface area (Å²) in [6.07, 6.45) is 0.145. The number of nitrogens with one attached hydrogen (secondary N) is 1. The van der Waals surface area contributed by atoms with Gasteiger partial charge in [-0.1, -0.05) is 42.5 Å². The maximum atomic E-state index is 12.4. The van der Waals surface area contributed by atoms with Crippen LogP contribution in [0.3, 0.4) is 0 Å². The topological polar surface area (TPSA) is 69.6 Å². The summed E-state index contributed by atoms with van der Waals surface area (Å²) < 4.78 is 0. The van der Waals surface area contributed by atoms with E-state index in [9.17, 15) is 14.7 Å². The average Bonchev–Trinajstić information content (AvgIpc) is 3.02. The first-order valence-corrected chi connectivity index (χ1v) is 7.57. The van der Waals surface area contributed by atoms with Crippen LogP contribution in [-0.2, 0) is 0 Å². The van der Waals surface area contributed by atoms with Crippen molar-refractivity contribution in [3.8, 4) is 0 Å². The maximum Gasteiger partial charge on any atom is 0.321 e. The first-order valence-electron chi connectivity index (χ1n) is 7.57. The predicted molar refractivity (Wildman–Crippen MR) is 87.5 cm³/mol. The zero-order chi connectivity index (χ0) is 16.2. The smallest absolute Gasteiger partial charge is 0.321 e. The van der Waals surface area contributed by atoms with E-state index in [2.05, 4.69) is 5.32 Å². The molecular weight excluding hydrogens is 292 g/mol. The Balaban J connectivity index is 1.73. The molecule has 1 saturated heterocycles. The molecule has 1 fully saturated rings. The number of nitrogens with zero attached hydrogens (tertiary/aromatic N) is 1. The molecule has 3 rings (SSSR count). The van der Waals surface area contributed by atoms with Crippen LogP contribution >= 0.6 is 0 Å². The minimum atomic E-state index is -0.452. The average molecular weight is 310 g/mol. The van der Waals surface area contributed by atoms with Gasteiger partial charge in [-0.2, -0.15) is 0 Å². The standard InChI is InChI=1S/C18H18N2O3/c21-16-9-10-20(12-16)18(23)19-15-8-4-7-14(11-15)17(22)13-5-2-1-3-6-13/h1-8,11,16,21H,9-10,12H2,(H,19,23). The quantitative estimate of drug-likeness (QED) is 0.856. The molecule has 1 heterocycles. The van der Waals surface area contributed by atoms with E-state index in [0.717, 1.165) is 0 Å². The third-order valence-corrected chi connectivity index (χ3v) is 3.86. The Morgan fingerprint density at radius 2 is 1.78 bits per heavy atom. The molecule has 0 bridgehead atoms. The third kappa shape index (κ3) is 3.57. The van der Waals surface area contributed by atoms with E-state index < -0.39 is 6.10 Å². The number of anilines is 1. The van der Waals surface area contributed by atoms with Gasteiger partial charge in [0, 0.05) is 29.9 Å². The van der Waals surface area contributed by atoms with Gasteiger partial charge in [0.05, 0.1) is 6.10 Å². The number of urea groups is 1. The van der Waals surface area contributed by atoms with Gasteiger partial charge in [-0.15, -0.1) is 0 Å². The number of β-amino-alcohol motifs (C(OH)–C–C–N with tert-alkyl or cyclic N) is 1. The van der Waals surface area contributed by atoms with E-state index in [-0.39, 0.29) is 11.8 Å². The second-order valence-corrected chi connectivity index (χ2v) is 5.59. The molecular formula is C18H18N2O3. The lowest BCUT2D eigenvalue weighted by Gasteiger charge is -2.16. The molecule has 0 radical (unpaired) electrons. The Bertz CT molecular complexity index is 715. The van der Waals surface area contributed by atoms with Crippen LogP contribution < -0.4 is 5.32 Å². The Kier molecular flexibility index (Phi) is 4.39. The summed E-state index contributed by atoms with van der Waals surface area (Å²) in [5.41, 5.74) is 1.70. The molecule has 0 aliphatic carbocycles. The van der Waals surface area contributed by atoms with Crippen LogP contribution in [0.5, 0.6) is 0 Å². The van der Waals surface area contributed by atoms with Gasteiger partial charge in [0.1, 0.15) is 0 Å². The van der Waals surface area contributed by atoms with Crippen LogP contribution in [-0.4, -0.2) is 41.0 Å². The number of amides is 2. The molecule has 0 saturated carbocycles.